The molecule has 1 aromatic rings. The maximum absolute atomic E-state index is 11.7. The molecular weight excluding hydrogens is 254 g/mol. The average molecular weight is 270 g/mol. The predicted molar refractivity (Wildman–Crippen MR) is 69.7 cm³/mol. The highest BCUT2D eigenvalue weighted by atomic mass is 19.3. The van der Waals surface area contributed by atoms with Gasteiger partial charge in [-0.2, -0.15) is 0 Å². The summed E-state index contributed by atoms with van der Waals surface area (Å²) in [5.41, 5.74) is 7.01. The van der Waals surface area contributed by atoms with Gasteiger partial charge in [-0.05, 0) is 23.8 Å². The Labute approximate surface area is 110 Å². The van der Waals surface area contributed by atoms with E-state index in [9.17, 15) is 13.6 Å². The lowest BCUT2D eigenvalue weighted by Gasteiger charge is -2.03. The van der Waals surface area contributed by atoms with Gasteiger partial charge in [-0.1, -0.05) is 12.1 Å². The van der Waals surface area contributed by atoms with Gasteiger partial charge in [0.1, 0.15) is 6.61 Å². The molecule has 1 amide bonds. The van der Waals surface area contributed by atoms with Crippen molar-refractivity contribution in [3.63, 3.8) is 0 Å². The van der Waals surface area contributed by atoms with E-state index in [1.165, 1.54) is 6.08 Å². The van der Waals surface area contributed by atoms with Crippen LogP contribution in [0.25, 0.3) is 6.08 Å². The molecule has 3 N–H and O–H groups in total. The molecule has 0 saturated carbocycles. The molecule has 4 nitrogen and oxygen atoms in total. The van der Waals surface area contributed by atoms with E-state index in [0.29, 0.717) is 5.69 Å². The van der Waals surface area contributed by atoms with Crippen LogP contribution in [-0.2, 0) is 9.53 Å². The van der Waals surface area contributed by atoms with Crippen molar-refractivity contribution in [2.45, 2.75) is 6.43 Å². The number of hydrogen-bond acceptors (Lipinski definition) is 3. The van der Waals surface area contributed by atoms with Crippen LogP contribution in [0.4, 0.5) is 14.5 Å². The number of halogens is 2. The molecule has 0 unspecified atom stereocenters. The van der Waals surface area contributed by atoms with Crippen molar-refractivity contribution in [1.82, 2.24) is 5.32 Å². The molecule has 0 aliphatic carbocycles. The van der Waals surface area contributed by atoms with E-state index in [0.717, 1.165) is 5.56 Å². The molecule has 0 aliphatic rings. The van der Waals surface area contributed by atoms with Gasteiger partial charge in [0.2, 0.25) is 5.91 Å². The number of nitrogens with one attached hydrogen (secondary N) is 1. The van der Waals surface area contributed by atoms with Gasteiger partial charge in [0.15, 0.2) is 0 Å². The maximum atomic E-state index is 11.7. The van der Waals surface area contributed by atoms with Crippen molar-refractivity contribution in [3.05, 3.63) is 35.9 Å². The molecule has 6 heteroatoms. The normalized spacial score (nSPS) is 11.1. The summed E-state index contributed by atoms with van der Waals surface area (Å²) in [7, 11) is 0. The number of alkyl halides is 2. The highest BCUT2D eigenvalue weighted by Gasteiger charge is 2.01. The second-order valence-electron chi connectivity index (χ2n) is 3.76. The fraction of sp³-hybridized carbons (Fsp3) is 0.308. The Morgan fingerprint density at radius 3 is 2.95 bits per heavy atom. The summed E-state index contributed by atoms with van der Waals surface area (Å²) in [6.07, 6.45) is 0.479. The van der Waals surface area contributed by atoms with Crippen LogP contribution in [-0.4, -0.2) is 32.1 Å². The molecule has 0 saturated heterocycles. The van der Waals surface area contributed by atoms with E-state index in [2.05, 4.69) is 10.1 Å². The van der Waals surface area contributed by atoms with E-state index < -0.39 is 13.0 Å². The number of rotatable bonds is 7. The number of carbonyl (C=O) groups is 1. The second kappa shape index (κ2) is 8.20. The third-order valence-corrected chi connectivity index (χ3v) is 2.13. The zero-order chi connectivity index (χ0) is 14.1. The Morgan fingerprint density at radius 1 is 1.47 bits per heavy atom. The van der Waals surface area contributed by atoms with E-state index in [1.807, 2.05) is 6.07 Å². The quantitative estimate of drug-likeness (QED) is 0.450. The van der Waals surface area contributed by atoms with Crippen LogP contribution in [0.1, 0.15) is 5.56 Å². The SMILES string of the molecule is Nc1cccc(/C=C/C(=O)NCCOCC(F)F)c1. The Balaban J connectivity index is 2.24. The van der Waals surface area contributed by atoms with Gasteiger partial charge in [0.25, 0.3) is 6.43 Å². The number of anilines is 1. The zero-order valence-electron chi connectivity index (χ0n) is 10.3. The first-order valence-electron chi connectivity index (χ1n) is 5.75. The lowest BCUT2D eigenvalue weighted by atomic mass is 10.2. The minimum absolute atomic E-state index is 0.0577. The Hall–Kier alpha value is -1.95. The Bertz CT molecular complexity index is 436. The van der Waals surface area contributed by atoms with Crippen LogP contribution >= 0.6 is 0 Å². The van der Waals surface area contributed by atoms with Crippen molar-refractivity contribution < 1.29 is 18.3 Å². The first-order chi connectivity index (χ1) is 9.08. The number of hydrogen-bond donors (Lipinski definition) is 2. The largest absolute Gasteiger partial charge is 0.399 e. The molecule has 0 aliphatic heterocycles. The summed E-state index contributed by atoms with van der Waals surface area (Å²) in [5.74, 6) is -0.317. The molecule has 0 fully saturated rings. The van der Waals surface area contributed by atoms with Crippen LogP contribution in [0.5, 0.6) is 0 Å². The van der Waals surface area contributed by atoms with E-state index >= 15 is 0 Å². The van der Waals surface area contributed by atoms with Gasteiger partial charge in [-0.25, -0.2) is 8.78 Å². The monoisotopic (exact) mass is 270 g/mol. The average Bonchev–Trinajstić information content (AvgIpc) is 2.35. The minimum Gasteiger partial charge on any atom is -0.399 e. The topological polar surface area (TPSA) is 64.4 Å². The number of nitrogen functional groups attached to an aromatic ring is 1. The van der Waals surface area contributed by atoms with Crippen molar-refractivity contribution in [2.24, 2.45) is 0 Å². The lowest BCUT2D eigenvalue weighted by molar-refractivity contribution is -0.116. The Morgan fingerprint density at radius 2 is 2.26 bits per heavy atom. The maximum Gasteiger partial charge on any atom is 0.261 e. The van der Waals surface area contributed by atoms with Crippen molar-refractivity contribution in [3.8, 4) is 0 Å². The molecule has 1 rings (SSSR count). The van der Waals surface area contributed by atoms with Gasteiger partial charge < -0.3 is 15.8 Å². The van der Waals surface area contributed by atoms with Crippen LogP contribution in [0.15, 0.2) is 30.3 Å². The van der Waals surface area contributed by atoms with Crippen LogP contribution in [0, 0.1) is 0 Å². The van der Waals surface area contributed by atoms with Crippen LogP contribution in [0.2, 0.25) is 0 Å². The van der Waals surface area contributed by atoms with Crippen LogP contribution < -0.4 is 11.1 Å². The summed E-state index contributed by atoms with van der Waals surface area (Å²) in [6.45, 7) is -0.371. The van der Waals surface area contributed by atoms with Gasteiger partial charge in [-0.15, -0.1) is 0 Å². The highest BCUT2D eigenvalue weighted by Crippen LogP contribution is 2.07. The number of benzene rings is 1. The van der Waals surface area contributed by atoms with Gasteiger partial charge in [-0.3, -0.25) is 4.79 Å². The number of amides is 1. The van der Waals surface area contributed by atoms with Gasteiger partial charge in [0, 0.05) is 18.3 Å². The van der Waals surface area contributed by atoms with E-state index in [1.54, 1.807) is 24.3 Å². The first-order valence-corrected chi connectivity index (χ1v) is 5.75. The smallest absolute Gasteiger partial charge is 0.261 e. The minimum atomic E-state index is -2.49. The molecule has 0 atom stereocenters. The summed E-state index contributed by atoms with van der Waals surface area (Å²) in [6, 6.07) is 7.07. The van der Waals surface area contributed by atoms with Gasteiger partial charge in [0.05, 0.1) is 6.61 Å². The Kier molecular flexibility index (Phi) is 6.52. The van der Waals surface area contributed by atoms with E-state index in [-0.39, 0.29) is 19.1 Å². The molecule has 0 spiro atoms. The highest BCUT2D eigenvalue weighted by molar-refractivity contribution is 5.91. The molecule has 0 bridgehead atoms. The van der Waals surface area contributed by atoms with E-state index in [4.69, 9.17) is 5.73 Å². The molecule has 0 heterocycles. The zero-order valence-corrected chi connectivity index (χ0v) is 10.3. The standard InChI is InChI=1S/C13H16F2N2O2/c14-12(15)9-19-7-6-17-13(18)5-4-10-2-1-3-11(16)8-10/h1-5,8,12H,6-7,9,16H2,(H,17,18)/b5-4+. The summed E-state index contributed by atoms with van der Waals surface area (Å²) in [4.78, 5) is 11.4. The van der Waals surface area contributed by atoms with Crippen molar-refractivity contribution in [2.75, 3.05) is 25.5 Å². The lowest BCUT2D eigenvalue weighted by Crippen LogP contribution is -2.26. The fourth-order valence-corrected chi connectivity index (χ4v) is 1.31. The molecule has 0 radical (unpaired) electrons. The summed E-state index contributed by atoms with van der Waals surface area (Å²) in [5, 5.41) is 2.51. The van der Waals surface area contributed by atoms with Crippen molar-refractivity contribution in [1.29, 1.82) is 0 Å². The fourth-order valence-electron chi connectivity index (χ4n) is 1.31. The third kappa shape index (κ3) is 7.15. The molecule has 104 valence electrons. The van der Waals surface area contributed by atoms with Gasteiger partial charge >= 0.3 is 0 Å². The molecule has 19 heavy (non-hydrogen) atoms. The number of ether oxygens (including phenoxy) is 1. The van der Waals surface area contributed by atoms with Crippen LogP contribution in [0.3, 0.4) is 0 Å². The second-order valence-corrected chi connectivity index (χ2v) is 3.76. The van der Waals surface area contributed by atoms with Crippen molar-refractivity contribution >= 4 is 17.7 Å². The first kappa shape index (κ1) is 15.1. The summed E-state index contributed by atoms with van der Waals surface area (Å²) < 4.78 is 28.1. The molecule has 1 aromatic carbocycles. The number of carbonyl (C=O) groups excluding carboxylic acids is 1. The third-order valence-electron chi connectivity index (χ3n) is 2.13. The predicted octanol–water partition coefficient (Wildman–Crippen LogP) is 1.68. The number of nitrogens with two attached hydrogens (primary N) is 1. The summed E-state index contributed by atoms with van der Waals surface area (Å²) >= 11 is 0. The molecular formula is C13H16F2N2O2. The molecule has 0 aromatic heterocycles.